The summed E-state index contributed by atoms with van der Waals surface area (Å²) >= 11 is 0. The summed E-state index contributed by atoms with van der Waals surface area (Å²) in [4.78, 5) is 39.2. The molecule has 0 fully saturated rings. The van der Waals surface area contributed by atoms with E-state index in [-0.39, 0.29) is 42.6 Å². The fourth-order valence-corrected chi connectivity index (χ4v) is 4.87. The Balaban J connectivity index is 3.05. The normalized spacial score (nSPS) is 14.3. The van der Waals surface area contributed by atoms with Gasteiger partial charge in [-0.25, -0.2) is 4.79 Å². The van der Waals surface area contributed by atoms with Gasteiger partial charge in [-0.3, -0.25) is 9.59 Å². The van der Waals surface area contributed by atoms with Crippen LogP contribution in [-0.2, 0) is 19.0 Å². The van der Waals surface area contributed by atoms with E-state index in [1.807, 2.05) is 27.7 Å². The molecule has 11 nitrogen and oxygen atoms in total. The molecule has 1 aromatic carbocycles. The number of hydrogen-bond donors (Lipinski definition) is 4. The molecule has 11 heteroatoms. The van der Waals surface area contributed by atoms with Crippen molar-refractivity contribution in [3.63, 3.8) is 0 Å². The molecule has 1 aromatic rings. The maximum Gasteiger partial charge on any atom is 0.407 e. The van der Waals surface area contributed by atoms with Crippen LogP contribution in [0.2, 0.25) is 0 Å². The van der Waals surface area contributed by atoms with E-state index in [4.69, 9.17) is 18.9 Å². The van der Waals surface area contributed by atoms with Crippen molar-refractivity contribution < 1.29 is 38.4 Å². The Morgan fingerprint density at radius 1 is 0.913 bits per heavy atom. The molecule has 0 aliphatic carbocycles. The number of para-hydroxylation sites is 1. The van der Waals surface area contributed by atoms with Gasteiger partial charge in [0, 0.05) is 26.1 Å². The molecule has 4 N–H and O–H groups in total. The lowest BCUT2D eigenvalue weighted by Crippen LogP contribution is -2.49. The zero-order valence-corrected chi connectivity index (χ0v) is 29.6. The van der Waals surface area contributed by atoms with Crippen LogP contribution in [0.1, 0.15) is 91.4 Å². The molecule has 0 saturated carbocycles. The van der Waals surface area contributed by atoms with Gasteiger partial charge in [-0.05, 0) is 69.9 Å². The Morgan fingerprint density at radius 2 is 1.59 bits per heavy atom. The number of unbranched alkanes of at least 4 members (excludes halogenated alkanes) is 1. The lowest BCUT2D eigenvalue weighted by Gasteiger charge is -2.33. The van der Waals surface area contributed by atoms with Gasteiger partial charge in [-0.15, -0.1) is 0 Å². The summed E-state index contributed by atoms with van der Waals surface area (Å²) in [5.74, 6) is -0.405. The van der Waals surface area contributed by atoms with Crippen LogP contribution >= 0.6 is 0 Å². The molecule has 0 radical (unpaired) electrons. The molecule has 264 valence electrons. The average Bonchev–Trinajstić information content (AvgIpc) is 2.97. The number of carbonyl (C=O) groups excluding carboxylic acids is 3. The number of hydrogen-bond acceptors (Lipinski definition) is 8. The number of aliphatic hydroxyl groups excluding tert-OH is 1. The van der Waals surface area contributed by atoms with E-state index in [1.54, 1.807) is 52.1 Å². The van der Waals surface area contributed by atoms with E-state index < -0.39 is 29.8 Å². The Hall–Kier alpha value is -2.89. The molecular weight excluding hydrogens is 590 g/mol. The highest BCUT2D eigenvalue weighted by Crippen LogP contribution is 2.25. The molecule has 46 heavy (non-hydrogen) atoms. The van der Waals surface area contributed by atoms with Crippen molar-refractivity contribution in [1.29, 1.82) is 0 Å². The number of methoxy groups -OCH3 is 1. The molecule has 0 aliphatic heterocycles. The van der Waals surface area contributed by atoms with E-state index >= 15 is 0 Å². The number of carbonyl (C=O) groups is 3. The fourth-order valence-electron chi connectivity index (χ4n) is 4.87. The van der Waals surface area contributed by atoms with Crippen LogP contribution in [0.3, 0.4) is 0 Å². The molecule has 0 aliphatic rings. The van der Waals surface area contributed by atoms with Crippen molar-refractivity contribution in [3.05, 3.63) is 29.8 Å². The first-order chi connectivity index (χ1) is 21.7. The van der Waals surface area contributed by atoms with Crippen LogP contribution in [0.5, 0.6) is 5.75 Å². The van der Waals surface area contributed by atoms with Crippen molar-refractivity contribution in [2.75, 3.05) is 46.6 Å². The van der Waals surface area contributed by atoms with Gasteiger partial charge in [0.25, 0.3) is 5.91 Å². The van der Waals surface area contributed by atoms with E-state index in [1.165, 1.54) is 0 Å². The smallest absolute Gasteiger partial charge is 0.407 e. The monoisotopic (exact) mass is 651 g/mol. The predicted molar refractivity (Wildman–Crippen MR) is 180 cm³/mol. The summed E-state index contributed by atoms with van der Waals surface area (Å²) in [5.41, 5.74) is -0.324. The summed E-state index contributed by atoms with van der Waals surface area (Å²) < 4.78 is 21.8. The second kappa shape index (κ2) is 21.8. The first-order valence-corrected chi connectivity index (χ1v) is 16.7. The average molecular weight is 652 g/mol. The van der Waals surface area contributed by atoms with Crippen LogP contribution in [0.25, 0.3) is 0 Å². The Labute approximate surface area is 276 Å². The molecule has 0 aromatic heterocycles. The van der Waals surface area contributed by atoms with Crippen LogP contribution < -0.4 is 20.7 Å². The summed E-state index contributed by atoms with van der Waals surface area (Å²) in [6, 6.07) is 6.31. The quantitative estimate of drug-likeness (QED) is 0.129. The zero-order chi connectivity index (χ0) is 34.7. The third kappa shape index (κ3) is 16.6. The number of alkyl carbamates (subject to hydrolysis) is 1. The molecule has 0 bridgehead atoms. The first-order valence-electron chi connectivity index (χ1n) is 16.7. The second-order valence-corrected chi connectivity index (χ2v) is 13.5. The van der Waals surface area contributed by atoms with Crippen molar-refractivity contribution >= 4 is 17.9 Å². The SMILES string of the molecule is CCCCNC(=O)C(CC(O)C(CC(CNC(=O)c1ccccc1OCCOCCOC)C(C)C)NC(=O)OC(C)(C)C)C(C)C. The van der Waals surface area contributed by atoms with Gasteiger partial charge < -0.3 is 40.0 Å². The highest BCUT2D eigenvalue weighted by atomic mass is 16.6. The number of rotatable bonds is 22. The van der Waals surface area contributed by atoms with E-state index in [9.17, 15) is 19.5 Å². The number of aliphatic hydroxyl groups is 1. The van der Waals surface area contributed by atoms with Gasteiger partial charge in [-0.2, -0.15) is 0 Å². The maximum atomic E-state index is 13.3. The van der Waals surface area contributed by atoms with Gasteiger partial charge in [0.2, 0.25) is 5.91 Å². The highest BCUT2D eigenvalue weighted by molar-refractivity contribution is 5.96. The van der Waals surface area contributed by atoms with Crippen LogP contribution in [0.15, 0.2) is 24.3 Å². The lowest BCUT2D eigenvalue weighted by molar-refractivity contribution is -0.127. The van der Waals surface area contributed by atoms with Gasteiger partial charge in [0.1, 0.15) is 18.0 Å². The maximum absolute atomic E-state index is 13.3. The standard InChI is InChI=1S/C35H61N3O8/c1-10-11-16-36-33(41)28(25(4)5)22-30(39)29(38-34(42)46-35(6,7)8)21-26(24(2)3)23-37-32(40)27-14-12-13-15-31(27)45-20-19-44-18-17-43-9/h12-15,24-26,28-30,39H,10-11,16-23H2,1-9H3,(H,36,41)(H,37,40)(H,38,42). The van der Waals surface area contributed by atoms with Crippen LogP contribution in [0, 0.1) is 23.7 Å². The van der Waals surface area contributed by atoms with Crippen molar-refractivity contribution in [2.24, 2.45) is 23.7 Å². The molecular formula is C35H61N3O8. The molecule has 3 amide bonds. The van der Waals surface area contributed by atoms with E-state index in [0.29, 0.717) is 50.6 Å². The summed E-state index contributed by atoms with van der Waals surface area (Å²) in [5, 5.41) is 20.4. The third-order valence-corrected chi connectivity index (χ3v) is 7.71. The third-order valence-electron chi connectivity index (χ3n) is 7.71. The topological polar surface area (TPSA) is 144 Å². The zero-order valence-electron chi connectivity index (χ0n) is 29.6. The first kappa shape index (κ1) is 41.1. The second-order valence-electron chi connectivity index (χ2n) is 13.5. The minimum Gasteiger partial charge on any atom is -0.490 e. The summed E-state index contributed by atoms with van der Waals surface area (Å²) in [7, 11) is 1.61. The summed E-state index contributed by atoms with van der Waals surface area (Å²) in [6.07, 6.45) is 0.713. The fraction of sp³-hybridized carbons (Fsp3) is 0.743. The predicted octanol–water partition coefficient (Wildman–Crippen LogP) is 4.95. The number of nitrogens with one attached hydrogen (secondary N) is 3. The number of ether oxygens (including phenoxy) is 4. The van der Waals surface area contributed by atoms with E-state index in [0.717, 1.165) is 12.8 Å². The van der Waals surface area contributed by atoms with Crippen LogP contribution in [-0.4, -0.2) is 87.4 Å². The molecule has 0 saturated heterocycles. The largest absolute Gasteiger partial charge is 0.490 e. The highest BCUT2D eigenvalue weighted by Gasteiger charge is 2.33. The molecule has 0 spiro atoms. The van der Waals surface area contributed by atoms with Gasteiger partial charge in [0.05, 0.1) is 37.5 Å². The molecule has 4 unspecified atom stereocenters. The Kier molecular flexibility index (Phi) is 19.5. The van der Waals surface area contributed by atoms with Crippen molar-refractivity contribution in [3.8, 4) is 5.75 Å². The minimum absolute atomic E-state index is 0.0159. The lowest BCUT2D eigenvalue weighted by atomic mass is 9.82. The Bertz CT molecular complexity index is 1030. The van der Waals surface area contributed by atoms with Gasteiger partial charge in [0.15, 0.2) is 0 Å². The van der Waals surface area contributed by atoms with Crippen molar-refractivity contribution in [2.45, 2.75) is 98.8 Å². The Morgan fingerprint density at radius 3 is 2.20 bits per heavy atom. The van der Waals surface area contributed by atoms with E-state index in [2.05, 4.69) is 22.9 Å². The minimum atomic E-state index is -1.02. The number of benzene rings is 1. The van der Waals surface area contributed by atoms with Gasteiger partial charge in [-0.1, -0.05) is 53.2 Å². The van der Waals surface area contributed by atoms with Gasteiger partial charge >= 0.3 is 6.09 Å². The molecule has 1 rings (SSSR count). The molecule has 0 heterocycles. The molecule has 4 atom stereocenters. The van der Waals surface area contributed by atoms with Crippen molar-refractivity contribution in [1.82, 2.24) is 16.0 Å². The summed E-state index contributed by atoms with van der Waals surface area (Å²) in [6.45, 7) is 17.8. The van der Waals surface area contributed by atoms with Crippen LogP contribution in [0.4, 0.5) is 4.79 Å². The number of amides is 3.